The van der Waals surface area contributed by atoms with Gasteiger partial charge in [0.2, 0.25) is 0 Å². The van der Waals surface area contributed by atoms with E-state index in [0.29, 0.717) is 13.0 Å². The number of rotatable bonds is 5. The van der Waals surface area contributed by atoms with Crippen molar-refractivity contribution in [2.24, 2.45) is 5.84 Å². The molecule has 0 aliphatic carbocycles. The van der Waals surface area contributed by atoms with Crippen LogP contribution in [0.25, 0.3) is 0 Å². The molecule has 0 amide bonds. The molecule has 2 rings (SSSR count). The summed E-state index contributed by atoms with van der Waals surface area (Å²) in [5.41, 5.74) is 4.43. The molecule has 3 N–H and O–H groups in total. The zero-order chi connectivity index (χ0) is 14.8. The molecule has 0 spiro atoms. The number of hydrogen-bond donors (Lipinski definition) is 2. The lowest BCUT2D eigenvalue weighted by molar-refractivity contribution is -0.136. The fourth-order valence-electron chi connectivity index (χ4n) is 2.35. The van der Waals surface area contributed by atoms with Gasteiger partial charge >= 0.3 is 6.18 Å². The lowest BCUT2D eigenvalue weighted by Gasteiger charge is -2.18. The van der Waals surface area contributed by atoms with Crippen LogP contribution in [0.15, 0.2) is 16.6 Å². The molecule has 0 fully saturated rings. The number of benzene rings is 1. The Labute approximate surface area is 123 Å². The lowest BCUT2D eigenvalue weighted by Crippen LogP contribution is -2.37. The van der Waals surface area contributed by atoms with Crippen molar-refractivity contribution < 1.29 is 17.9 Å². The topological polar surface area (TPSA) is 47.3 Å². The molecule has 0 saturated heterocycles. The van der Waals surface area contributed by atoms with Crippen molar-refractivity contribution in [3.05, 3.63) is 27.7 Å². The van der Waals surface area contributed by atoms with E-state index < -0.39 is 18.6 Å². The summed E-state index contributed by atoms with van der Waals surface area (Å²) in [6, 6.07) is 3.42. The second-order valence-electron chi connectivity index (χ2n) is 4.87. The van der Waals surface area contributed by atoms with Gasteiger partial charge in [-0.2, -0.15) is 13.2 Å². The van der Waals surface area contributed by atoms with Gasteiger partial charge in [0.25, 0.3) is 0 Å². The lowest BCUT2D eigenvalue weighted by atomic mass is 9.99. The highest BCUT2D eigenvalue weighted by atomic mass is 79.9. The fourth-order valence-corrected chi connectivity index (χ4v) is 2.90. The van der Waals surface area contributed by atoms with Gasteiger partial charge in [0.15, 0.2) is 0 Å². The van der Waals surface area contributed by atoms with E-state index in [1.54, 1.807) is 0 Å². The summed E-state index contributed by atoms with van der Waals surface area (Å²) in [4.78, 5) is 0. The van der Waals surface area contributed by atoms with Crippen LogP contribution < -0.4 is 16.0 Å². The number of ether oxygens (including phenoxy) is 1. The highest BCUT2D eigenvalue weighted by Gasteiger charge is 2.29. The van der Waals surface area contributed by atoms with E-state index in [1.165, 1.54) is 0 Å². The molecule has 7 heteroatoms. The maximum absolute atomic E-state index is 12.3. The van der Waals surface area contributed by atoms with Crippen LogP contribution in [0.2, 0.25) is 0 Å². The van der Waals surface area contributed by atoms with Crippen LogP contribution in [-0.2, 0) is 12.8 Å². The van der Waals surface area contributed by atoms with Gasteiger partial charge in [-0.15, -0.1) is 0 Å². The predicted molar refractivity (Wildman–Crippen MR) is 73.4 cm³/mol. The number of halogens is 4. The monoisotopic (exact) mass is 352 g/mol. The van der Waals surface area contributed by atoms with Crippen LogP contribution in [0.5, 0.6) is 5.75 Å². The Kier molecular flexibility index (Phi) is 4.93. The third-order valence-electron chi connectivity index (χ3n) is 3.30. The first-order chi connectivity index (χ1) is 9.39. The minimum absolute atomic E-state index is 0.0543. The van der Waals surface area contributed by atoms with Crippen LogP contribution in [0, 0.1) is 0 Å². The van der Waals surface area contributed by atoms with Gasteiger partial charge in [0, 0.05) is 23.4 Å². The van der Waals surface area contributed by atoms with Crippen molar-refractivity contribution in [1.82, 2.24) is 5.43 Å². The molecule has 0 saturated carbocycles. The fraction of sp³-hybridized carbons (Fsp3) is 0.538. The summed E-state index contributed by atoms with van der Waals surface area (Å²) in [5.74, 6) is 6.16. The van der Waals surface area contributed by atoms with Crippen molar-refractivity contribution in [3.63, 3.8) is 0 Å². The maximum Gasteiger partial charge on any atom is 0.389 e. The first-order valence-corrected chi connectivity index (χ1v) is 7.15. The summed E-state index contributed by atoms with van der Waals surface area (Å²) < 4.78 is 43.3. The van der Waals surface area contributed by atoms with Crippen molar-refractivity contribution in [3.8, 4) is 5.75 Å². The van der Waals surface area contributed by atoms with E-state index in [0.717, 1.165) is 27.8 Å². The molecule has 1 aromatic carbocycles. The average Bonchev–Trinajstić information content (AvgIpc) is 2.81. The van der Waals surface area contributed by atoms with Crippen LogP contribution in [0.4, 0.5) is 13.2 Å². The van der Waals surface area contributed by atoms with Crippen molar-refractivity contribution in [2.45, 2.75) is 37.9 Å². The number of alkyl halides is 3. The van der Waals surface area contributed by atoms with E-state index >= 15 is 0 Å². The second kappa shape index (κ2) is 6.32. The molecule has 0 radical (unpaired) electrons. The Hall–Kier alpha value is -0.790. The van der Waals surface area contributed by atoms with Crippen molar-refractivity contribution >= 4 is 15.9 Å². The standard InChI is InChI=1S/C13H16BrF3N2O/c14-10-5-8-2-4-20-12(8)9(6-10)7-11(19-18)1-3-13(15,16)17/h5-6,11,19H,1-4,7,18H2. The van der Waals surface area contributed by atoms with Gasteiger partial charge in [-0.3, -0.25) is 11.3 Å². The Bertz CT molecular complexity index is 479. The zero-order valence-electron chi connectivity index (χ0n) is 10.8. The molecular formula is C13H16BrF3N2O. The summed E-state index contributed by atoms with van der Waals surface area (Å²) in [7, 11) is 0. The van der Waals surface area contributed by atoms with E-state index in [2.05, 4.69) is 21.4 Å². The summed E-state index contributed by atoms with van der Waals surface area (Å²) in [6.45, 7) is 0.613. The quantitative estimate of drug-likeness (QED) is 0.632. The minimum atomic E-state index is -4.16. The molecule has 1 atom stereocenters. The molecule has 1 aliphatic heterocycles. The maximum atomic E-state index is 12.3. The zero-order valence-corrected chi connectivity index (χ0v) is 12.4. The molecule has 1 aliphatic rings. The molecule has 3 nitrogen and oxygen atoms in total. The summed E-state index contributed by atoms with van der Waals surface area (Å²) >= 11 is 3.41. The molecular weight excluding hydrogens is 337 g/mol. The Balaban J connectivity index is 2.08. The summed E-state index contributed by atoms with van der Waals surface area (Å²) in [6.07, 6.45) is -3.83. The average molecular weight is 353 g/mol. The van der Waals surface area contributed by atoms with Crippen LogP contribution >= 0.6 is 15.9 Å². The Morgan fingerprint density at radius 1 is 1.40 bits per heavy atom. The molecule has 1 heterocycles. The minimum Gasteiger partial charge on any atom is -0.493 e. The molecule has 20 heavy (non-hydrogen) atoms. The van der Waals surface area contributed by atoms with Gasteiger partial charge in [0.05, 0.1) is 6.61 Å². The van der Waals surface area contributed by atoms with E-state index in [9.17, 15) is 13.2 Å². The third-order valence-corrected chi connectivity index (χ3v) is 3.76. The number of nitrogens with two attached hydrogens (primary N) is 1. The smallest absolute Gasteiger partial charge is 0.389 e. The highest BCUT2D eigenvalue weighted by Crippen LogP contribution is 2.34. The molecule has 1 unspecified atom stereocenters. The van der Waals surface area contributed by atoms with E-state index in [1.807, 2.05) is 12.1 Å². The van der Waals surface area contributed by atoms with E-state index in [-0.39, 0.29) is 6.42 Å². The van der Waals surface area contributed by atoms with Crippen molar-refractivity contribution in [2.75, 3.05) is 6.61 Å². The number of hydrazine groups is 1. The highest BCUT2D eigenvalue weighted by molar-refractivity contribution is 9.10. The van der Waals surface area contributed by atoms with Gasteiger partial charge < -0.3 is 4.74 Å². The molecule has 0 aromatic heterocycles. The van der Waals surface area contributed by atoms with Crippen molar-refractivity contribution in [1.29, 1.82) is 0 Å². The molecule has 112 valence electrons. The first-order valence-electron chi connectivity index (χ1n) is 6.36. The van der Waals surface area contributed by atoms with Crippen LogP contribution in [-0.4, -0.2) is 18.8 Å². The second-order valence-corrected chi connectivity index (χ2v) is 5.79. The summed E-state index contributed by atoms with van der Waals surface area (Å²) in [5, 5.41) is 0. The molecule has 0 bridgehead atoms. The number of nitrogens with one attached hydrogen (secondary N) is 1. The number of fused-ring (bicyclic) bond motifs is 1. The first kappa shape index (κ1) is 15.6. The van der Waals surface area contributed by atoms with Gasteiger partial charge in [0.1, 0.15) is 5.75 Å². The largest absolute Gasteiger partial charge is 0.493 e. The van der Waals surface area contributed by atoms with Gasteiger partial charge in [-0.25, -0.2) is 0 Å². The Morgan fingerprint density at radius 3 is 2.80 bits per heavy atom. The van der Waals surface area contributed by atoms with Gasteiger partial charge in [-0.05, 0) is 36.1 Å². The van der Waals surface area contributed by atoms with Gasteiger partial charge in [-0.1, -0.05) is 15.9 Å². The van der Waals surface area contributed by atoms with Crippen LogP contribution in [0.3, 0.4) is 0 Å². The molecule has 1 aromatic rings. The number of hydrogen-bond acceptors (Lipinski definition) is 3. The predicted octanol–water partition coefficient (Wildman–Crippen LogP) is 3.10. The third kappa shape index (κ3) is 4.10. The Morgan fingerprint density at radius 2 is 2.15 bits per heavy atom. The normalized spacial score (nSPS) is 15.8. The van der Waals surface area contributed by atoms with E-state index in [4.69, 9.17) is 10.6 Å². The van der Waals surface area contributed by atoms with Crippen LogP contribution in [0.1, 0.15) is 24.0 Å². The SMILES string of the molecule is NNC(CCC(F)(F)F)Cc1cc(Br)cc2c1OCC2.